The number of aromatic nitrogens is 2. The highest BCUT2D eigenvalue weighted by Crippen LogP contribution is 2.22. The first-order chi connectivity index (χ1) is 14.5. The molecule has 0 unspecified atom stereocenters. The molecule has 0 bridgehead atoms. The third kappa shape index (κ3) is 4.41. The molecule has 1 amide bonds. The summed E-state index contributed by atoms with van der Waals surface area (Å²) in [7, 11) is 0. The number of hydrogen-bond donors (Lipinski definition) is 0. The molecule has 4 rings (SSSR count). The molecule has 1 saturated heterocycles. The second-order valence-electron chi connectivity index (χ2n) is 7.03. The average Bonchev–Trinajstić information content (AvgIpc) is 2.77. The first-order valence-corrected chi connectivity index (χ1v) is 9.94. The number of carbonyl (C=O) groups excluding carboxylic acids is 1. The minimum Gasteiger partial charge on any atom is -0.352 e. The van der Waals surface area contributed by atoms with Gasteiger partial charge < -0.3 is 9.80 Å². The van der Waals surface area contributed by atoms with E-state index in [9.17, 15) is 13.6 Å². The van der Waals surface area contributed by atoms with Crippen molar-refractivity contribution in [2.75, 3.05) is 31.1 Å². The zero-order valence-corrected chi connectivity index (χ0v) is 16.8. The predicted octanol–water partition coefficient (Wildman–Crippen LogP) is 3.97. The van der Waals surface area contributed by atoms with E-state index >= 15 is 0 Å². The van der Waals surface area contributed by atoms with E-state index in [1.54, 1.807) is 23.1 Å². The molecule has 1 aliphatic rings. The molecule has 2 heterocycles. The van der Waals surface area contributed by atoms with Crippen molar-refractivity contribution < 1.29 is 13.6 Å². The Morgan fingerprint density at radius 1 is 0.933 bits per heavy atom. The molecule has 0 spiro atoms. The fraction of sp³-hybridized carbons (Fsp3) is 0.227. The van der Waals surface area contributed by atoms with Crippen molar-refractivity contribution in [3.8, 4) is 11.3 Å². The summed E-state index contributed by atoms with van der Waals surface area (Å²) in [5, 5.41) is 8.77. The van der Waals surface area contributed by atoms with Gasteiger partial charge in [0.1, 0.15) is 11.6 Å². The lowest BCUT2D eigenvalue weighted by Gasteiger charge is -2.35. The molecular weight excluding hydrogens is 410 g/mol. The zero-order chi connectivity index (χ0) is 21.1. The van der Waals surface area contributed by atoms with E-state index in [0.29, 0.717) is 37.7 Å². The predicted molar refractivity (Wildman–Crippen MR) is 111 cm³/mol. The van der Waals surface area contributed by atoms with Crippen molar-refractivity contribution in [1.29, 1.82) is 0 Å². The van der Waals surface area contributed by atoms with Gasteiger partial charge in [-0.15, -0.1) is 10.2 Å². The number of hydrogen-bond acceptors (Lipinski definition) is 4. The van der Waals surface area contributed by atoms with Crippen LogP contribution in [0.3, 0.4) is 0 Å². The van der Waals surface area contributed by atoms with Crippen molar-refractivity contribution in [1.82, 2.24) is 15.1 Å². The van der Waals surface area contributed by atoms with E-state index in [1.807, 2.05) is 17.0 Å². The van der Waals surface area contributed by atoms with Gasteiger partial charge in [0, 0.05) is 42.3 Å². The van der Waals surface area contributed by atoms with Crippen LogP contribution in [-0.4, -0.2) is 47.2 Å². The Morgan fingerprint density at radius 2 is 1.67 bits per heavy atom. The second kappa shape index (κ2) is 8.75. The third-order valence-electron chi connectivity index (χ3n) is 5.14. The molecule has 0 aliphatic carbocycles. The third-order valence-corrected chi connectivity index (χ3v) is 5.49. The van der Waals surface area contributed by atoms with Gasteiger partial charge in [-0.05, 0) is 48.5 Å². The largest absolute Gasteiger partial charge is 0.352 e. The van der Waals surface area contributed by atoms with Crippen LogP contribution in [0.4, 0.5) is 14.6 Å². The SMILES string of the molecule is O=C(Cc1c(F)cccc1Cl)N1CCN(c2ccc(-c3ccc(F)cc3)nn2)CC1. The topological polar surface area (TPSA) is 49.3 Å². The summed E-state index contributed by atoms with van der Waals surface area (Å²) < 4.78 is 27.0. The molecule has 1 aliphatic heterocycles. The monoisotopic (exact) mass is 428 g/mol. The first-order valence-electron chi connectivity index (χ1n) is 9.56. The summed E-state index contributed by atoms with van der Waals surface area (Å²) in [6, 6.07) is 14.2. The van der Waals surface area contributed by atoms with Gasteiger partial charge in [0.05, 0.1) is 12.1 Å². The van der Waals surface area contributed by atoms with E-state index in [-0.39, 0.29) is 28.7 Å². The summed E-state index contributed by atoms with van der Waals surface area (Å²) in [4.78, 5) is 16.3. The van der Waals surface area contributed by atoms with Crippen LogP contribution < -0.4 is 4.90 Å². The number of halogens is 3. The van der Waals surface area contributed by atoms with Crippen LogP contribution in [-0.2, 0) is 11.2 Å². The molecule has 30 heavy (non-hydrogen) atoms. The van der Waals surface area contributed by atoms with Crippen LogP contribution in [0.5, 0.6) is 0 Å². The van der Waals surface area contributed by atoms with Gasteiger partial charge in [-0.3, -0.25) is 4.79 Å². The van der Waals surface area contributed by atoms with Crippen molar-refractivity contribution in [2.24, 2.45) is 0 Å². The molecule has 3 aromatic rings. The lowest BCUT2D eigenvalue weighted by Crippen LogP contribution is -2.49. The minimum atomic E-state index is -0.467. The van der Waals surface area contributed by atoms with E-state index < -0.39 is 5.82 Å². The molecule has 0 radical (unpaired) electrons. The Balaban J connectivity index is 1.36. The highest BCUT2D eigenvalue weighted by molar-refractivity contribution is 6.31. The average molecular weight is 429 g/mol. The number of carbonyl (C=O) groups is 1. The lowest BCUT2D eigenvalue weighted by molar-refractivity contribution is -0.130. The molecule has 0 saturated carbocycles. The number of piperazine rings is 1. The fourth-order valence-electron chi connectivity index (χ4n) is 3.42. The summed E-state index contributed by atoms with van der Waals surface area (Å²) in [5.41, 5.74) is 1.68. The minimum absolute atomic E-state index is 0.0579. The molecule has 0 atom stereocenters. The first kappa shape index (κ1) is 20.2. The fourth-order valence-corrected chi connectivity index (χ4v) is 3.65. The van der Waals surface area contributed by atoms with Gasteiger partial charge in [0.25, 0.3) is 0 Å². The standard InChI is InChI=1S/C22H19ClF2N4O/c23-18-2-1-3-19(25)17(18)14-22(30)29-12-10-28(11-13-29)21-9-8-20(26-27-21)15-4-6-16(24)7-5-15/h1-9H,10-14H2. The van der Waals surface area contributed by atoms with Crippen molar-refractivity contribution in [3.05, 3.63) is 76.8 Å². The summed E-state index contributed by atoms with van der Waals surface area (Å²) in [6.45, 7) is 2.21. The van der Waals surface area contributed by atoms with Gasteiger partial charge in [-0.2, -0.15) is 0 Å². The summed E-state index contributed by atoms with van der Waals surface area (Å²) in [5.74, 6) is -0.205. The summed E-state index contributed by atoms with van der Waals surface area (Å²) in [6.07, 6.45) is -0.0579. The van der Waals surface area contributed by atoms with Crippen molar-refractivity contribution in [2.45, 2.75) is 6.42 Å². The Labute approximate surface area is 177 Å². The molecule has 154 valence electrons. The molecule has 2 aromatic carbocycles. The Hall–Kier alpha value is -3.06. The summed E-state index contributed by atoms with van der Waals surface area (Å²) >= 11 is 6.03. The number of nitrogens with zero attached hydrogens (tertiary/aromatic N) is 4. The van der Waals surface area contributed by atoms with Crippen molar-refractivity contribution >= 4 is 23.3 Å². The molecule has 1 fully saturated rings. The van der Waals surface area contributed by atoms with Crippen LogP contribution in [0.15, 0.2) is 54.6 Å². The number of rotatable bonds is 4. The van der Waals surface area contributed by atoms with Crippen LogP contribution in [0.2, 0.25) is 5.02 Å². The highest BCUT2D eigenvalue weighted by Gasteiger charge is 2.23. The highest BCUT2D eigenvalue weighted by atomic mass is 35.5. The quantitative estimate of drug-likeness (QED) is 0.631. The van der Waals surface area contributed by atoms with Crippen LogP contribution in [0, 0.1) is 11.6 Å². The molecule has 8 heteroatoms. The Morgan fingerprint density at radius 3 is 2.30 bits per heavy atom. The maximum Gasteiger partial charge on any atom is 0.227 e. The normalized spacial score (nSPS) is 14.1. The molecule has 0 N–H and O–H groups in total. The van der Waals surface area contributed by atoms with Crippen LogP contribution in [0.1, 0.15) is 5.56 Å². The molecule has 5 nitrogen and oxygen atoms in total. The van der Waals surface area contributed by atoms with E-state index in [1.165, 1.54) is 24.3 Å². The van der Waals surface area contributed by atoms with E-state index in [2.05, 4.69) is 10.2 Å². The second-order valence-corrected chi connectivity index (χ2v) is 7.44. The van der Waals surface area contributed by atoms with Gasteiger partial charge in [-0.25, -0.2) is 8.78 Å². The van der Waals surface area contributed by atoms with Crippen LogP contribution >= 0.6 is 11.6 Å². The number of amides is 1. The van der Waals surface area contributed by atoms with E-state index in [0.717, 1.165) is 5.56 Å². The number of anilines is 1. The molecular formula is C22H19ClF2N4O. The van der Waals surface area contributed by atoms with Gasteiger partial charge in [0.15, 0.2) is 5.82 Å². The van der Waals surface area contributed by atoms with Gasteiger partial charge in [-0.1, -0.05) is 17.7 Å². The number of benzene rings is 2. The maximum absolute atomic E-state index is 13.9. The molecule has 1 aromatic heterocycles. The van der Waals surface area contributed by atoms with Crippen LogP contribution in [0.25, 0.3) is 11.3 Å². The van der Waals surface area contributed by atoms with Gasteiger partial charge in [0.2, 0.25) is 5.91 Å². The van der Waals surface area contributed by atoms with Crippen molar-refractivity contribution in [3.63, 3.8) is 0 Å². The Kier molecular flexibility index (Phi) is 5.90. The zero-order valence-electron chi connectivity index (χ0n) is 16.1. The van der Waals surface area contributed by atoms with E-state index in [4.69, 9.17) is 11.6 Å². The maximum atomic E-state index is 13.9. The van der Waals surface area contributed by atoms with Gasteiger partial charge >= 0.3 is 0 Å². The Bertz CT molecular complexity index is 1020. The lowest BCUT2D eigenvalue weighted by atomic mass is 10.1. The smallest absolute Gasteiger partial charge is 0.227 e.